The monoisotopic (exact) mass is 632 g/mol. The van der Waals surface area contributed by atoms with E-state index in [2.05, 4.69) is 5.32 Å². The van der Waals surface area contributed by atoms with E-state index >= 15 is 0 Å². The van der Waals surface area contributed by atoms with Gasteiger partial charge in [0, 0.05) is 35.9 Å². The average Bonchev–Trinajstić information content (AvgIpc) is 2.90. The minimum absolute atomic E-state index is 0.0936. The predicted octanol–water partition coefficient (Wildman–Crippen LogP) is 2.50. The van der Waals surface area contributed by atoms with Crippen LogP contribution in [-0.4, -0.2) is 72.1 Å². The normalized spacial score (nSPS) is 14.8. The molecule has 1 aliphatic rings. The number of amides is 2. The van der Waals surface area contributed by atoms with Gasteiger partial charge in [-0.3, -0.25) is 9.59 Å². The summed E-state index contributed by atoms with van der Waals surface area (Å²) in [6.45, 7) is 15.5. The molecule has 1 fully saturated rings. The Morgan fingerprint density at radius 1 is 0.889 bits per heavy atom. The summed E-state index contributed by atoms with van der Waals surface area (Å²) in [6.07, 6.45) is 1.97. The van der Waals surface area contributed by atoms with E-state index in [0.717, 1.165) is 12.8 Å². The third kappa shape index (κ3) is 10.1. The van der Waals surface area contributed by atoms with Crippen LogP contribution in [-0.2, 0) is 19.1 Å². The zero-order chi connectivity index (χ0) is 34.4. The van der Waals surface area contributed by atoms with Crippen LogP contribution in [0.2, 0.25) is 0 Å². The van der Waals surface area contributed by atoms with Gasteiger partial charge in [0.1, 0.15) is 12.2 Å². The third-order valence-electron chi connectivity index (χ3n) is 7.77. The fourth-order valence-corrected chi connectivity index (χ4v) is 5.70. The molecule has 1 heterocycles. The first-order valence-electron chi connectivity index (χ1n) is 15.2. The van der Waals surface area contributed by atoms with Crippen LogP contribution in [0.3, 0.4) is 0 Å². The Kier molecular flexibility index (Phi) is 12.0. The van der Waals surface area contributed by atoms with E-state index in [0.29, 0.717) is 19.5 Å². The van der Waals surface area contributed by atoms with Crippen molar-refractivity contribution in [3.63, 3.8) is 0 Å². The molecule has 0 radical (unpaired) electrons. The summed E-state index contributed by atoms with van der Waals surface area (Å²) in [5.74, 6) is -3.78. The smallest absolute Gasteiger partial charge is 0.410 e. The summed E-state index contributed by atoms with van der Waals surface area (Å²) < 4.78 is 16.9. The SMILES string of the molecule is CC(C)(C)OC(=O)N1CCC(CCC(=O)NCC(=O)c2ccc(OC(C(=O)[O-])(C(C)(C)C)C(C)(C)C)c(OCC(=O)[O-])c2)CC1. The van der Waals surface area contributed by atoms with E-state index in [9.17, 15) is 34.2 Å². The van der Waals surface area contributed by atoms with Crippen LogP contribution in [0.5, 0.6) is 11.5 Å². The highest BCUT2D eigenvalue weighted by Crippen LogP contribution is 2.48. The number of benzene rings is 1. The Morgan fingerprint density at radius 2 is 1.47 bits per heavy atom. The molecular formula is C33H48N2O10-2. The van der Waals surface area contributed by atoms with Crippen LogP contribution in [0.25, 0.3) is 0 Å². The number of hydrogen-bond acceptors (Lipinski definition) is 10. The minimum Gasteiger partial charge on any atom is -0.546 e. The number of carboxylic acid groups (broad SMARTS) is 2. The number of likely N-dealkylation sites (tertiary alicyclic amines) is 1. The summed E-state index contributed by atoms with van der Waals surface area (Å²) >= 11 is 0. The zero-order valence-corrected chi connectivity index (χ0v) is 28.0. The molecule has 252 valence electrons. The topological polar surface area (TPSA) is 174 Å². The number of rotatable bonds is 12. The molecule has 0 aliphatic carbocycles. The van der Waals surface area contributed by atoms with Gasteiger partial charge in [-0.25, -0.2) is 4.79 Å². The molecule has 12 nitrogen and oxygen atoms in total. The van der Waals surface area contributed by atoms with Gasteiger partial charge in [0.25, 0.3) is 0 Å². The summed E-state index contributed by atoms with van der Waals surface area (Å²) in [4.78, 5) is 63.2. The van der Waals surface area contributed by atoms with Crippen LogP contribution in [0.1, 0.15) is 98.4 Å². The number of Topliss-reactive ketones (excluding diaryl/α,β-unsaturated/α-hetero) is 1. The molecule has 1 aliphatic heterocycles. The lowest BCUT2D eigenvalue weighted by atomic mass is 9.62. The number of carboxylic acids is 2. The molecule has 12 heteroatoms. The predicted molar refractivity (Wildman–Crippen MR) is 161 cm³/mol. The lowest BCUT2D eigenvalue weighted by Crippen LogP contribution is -2.67. The zero-order valence-electron chi connectivity index (χ0n) is 28.0. The van der Waals surface area contributed by atoms with Crippen LogP contribution < -0.4 is 25.0 Å². The summed E-state index contributed by atoms with van der Waals surface area (Å²) in [5.41, 5.74) is -4.32. The quantitative estimate of drug-likeness (QED) is 0.337. The van der Waals surface area contributed by atoms with Gasteiger partial charge in [0.15, 0.2) is 22.9 Å². The first kappa shape index (κ1) is 37.4. The lowest BCUT2D eigenvalue weighted by Gasteiger charge is -2.53. The van der Waals surface area contributed by atoms with E-state index in [1.807, 2.05) is 20.8 Å². The molecule has 1 aromatic carbocycles. The maximum Gasteiger partial charge on any atom is 0.410 e. The molecule has 1 aromatic rings. The molecule has 0 aromatic heterocycles. The molecule has 0 unspecified atom stereocenters. The van der Waals surface area contributed by atoms with Gasteiger partial charge in [-0.05, 0) is 64.2 Å². The van der Waals surface area contributed by atoms with Crippen molar-refractivity contribution in [2.45, 2.75) is 99.2 Å². The standard InChI is InChI=1S/C33H50N2O10/c1-30(2,3)33(28(40)41,31(4,5)6)44-24-12-11-22(18-25(24)43-20-27(38)39)23(36)19-34-26(37)13-10-21-14-16-35(17-15-21)29(42)45-32(7,8)9/h11-12,18,21H,10,13-17,19-20H2,1-9H3,(H,34,37)(H,38,39)(H,40,41)/p-2. The van der Waals surface area contributed by atoms with E-state index in [1.165, 1.54) is 18.2 Å². The van der Waals surface area contributed by atoms with Crippen molar-refractivity contribution in [3.05, 3.63) is 23.8 Å². The Bertz CT molecular complexity index is 1230. The number of nitrogens with zero attached hydrogens (tertiary/aromatic N) is 1. The van der Waals surface area contributed by atoms with Gasteiger partial charge in [0.05, 0.1) is 18.5 Å². The number of piperidine rings is 1. The fourth-order valence-electron chi connectivity index (χ4n) is 5.70. The highest BCUT2D eigenvalue weighted by atomic mass is 16.6. The molecule has 0 spiro atoms. The van der Waals surface area contributed by atoms with E-state index < -0.39 is 46.4 Å². The highest BCUT2D eigenvalue weighted by Gasteiger charge is 2.55. The number of hydrogen-bond donors (Lipinski definition) is 1. The number of ether oxygens (including phenoxy) is 3. The van der Waals surface area contributed by atoms with Crippen molar-refractivity contribution in [3.8, 4) is 11.5 Å². The van der Waals surface area contributed by atoms with Crippen molar-refractivity contribution < 1.29 is 48.4 Å². The third-order valence-corrected chi connectivity index (χ3v) is 7.77. The summed E-state index contributed by atoms with van der Waals surface area (Å²) in [5, 5.41) is 26.3. The second-order valence-electron chi connectivity index (χ2n) is 14.5. The number of aliphatic carboxylic acids is 2. The molecule has 0 bridgehead atoms. The average molecular weight is 633 g/mol. The second-order valence-corrected chi connectivity index (χ2v) is 14.5. The molecule has 2 amide bonds. The van der Waals surface area contributed by atoms with Crippen LogP contribution >= 0.6 is 0 Å². The van der Waals surface area contributed by atoms with Crippen molar-refractivity contribution >= 4 is 29.7 Å². The van der Waals surface area contributed by atoms with Gasteiger partial charge in [-0.1, -0.05) is 41.5 Å². The van der Waals surface area contributed by atoms with Gasteiger partial charge < -0.3 is 44.2 Å². The van der Waals surface area contributed by atoms with Crippen molar-refractivity contribution in [1.29, 1.82) is 0 Å². The maximum atomic E-state index is 13.0. The minimum atomic E-state index is -1.88. The van der Waals surface area contributed by atoms with Gasteiger partial charge in [0.2, 0.25) is 5.91 Å². The lowest BCUT2D eigenvalue weighted by molar-refractivity contribution is -0.337. The number of carbonyl (C=O) groups is 5. The van der Waals surface area contributed by atoms with Gasteiger partial charge in [-0.2, -0.15) is 0 Å². The summed E-state index contributed by atoms with van der Waals surface area (Å²) in [7, 11) is 0. The largest absolute Gasteiger partial charge is 0.546 e. The number of carbonyl (C=O) groups excluding carboxylic acids is 5. The van der Waals surface area contributed by atoms with Gasteiger partial charge in [-0.15, -0.1) is 0 Å². The van der Waals surface area contributed by atoms with Crippen molar-refractivity contribution in [1.82, 2.24) is 10.2 Å². The number of nitrogens with one attached hydrogen (secondary N) is 1. The Morgan fingerprint density at radius 3 is 1.96 bits per heavy atom. The highest BCUT2D eigenvalue weighted by molar-refractivity contribution is 6.00. The molecule has 1 N–H and O–H groups in total. The fraction of sp³-hybridized carbons (Fsp3) is 0.667. The molecular weight excluding hydrogens is 584 g/mol. The molecule has 45 heavy (non-hydrogen) atoms. The second kappa shape index (κ2) is 14.5. The van der Waals surface area contributed by atoms with Gasteiger partial charge >= 0.3 is 6.09 Å². The Balaban J connectivity index is 2.07. The molecule has 1 saturated heterocycles. The Labute approximate surface area is 265 Å². The van der Waals surface area contributed by atoms with E-state index in [-0.39, 0.29) is 47.9 Å². The summed E-state index contributed by atoms with van der Waals surface area (Å²) in [6, 6.07) is 3.97. The molecule has 0 saturated carbocycles. The van der Waals surface area contributed by atoms with Crippen molar-refractivity contribution in [2.75, 3.05) is 26.2 Å². The van der Waals surface area contributed by atoms with E-state index in [4.69, 9.17) is 14.2 Å². The Hall–Kier alpha value is -3.83. The van der Waals surface area contributed by atoms with Crippen LogP contribution in [0, 0.1) is 16.7 Å². The maximum absolute atomic E-state index is 13.0. The van der Waals surface area contributed by atoms with Crippen LogP contribution in [0.4, 0.5) is 4.79 Å². The first-order valence-corrected chi connectivity index (χ1v) is 15.2. The van der Waals surface area contributed by atoms with Crippen molar-refractivity contribution in [2.24, 2.45) is 16.7 Å². The number of ketones is 1. The van der Waals surface area contributed by atoms with E-state index in [1.54, 1.807) is 46.4 Å². The molecule has 0 atom stereocenters. The molecule has 2 rings (SSSR count). The van der Waals surface area contributed by atoms with Crippen LogP contribution in [0.15, 0.2) is 18.2 Å². The first-order chi connectivity index (χ1) is 20.6.